The van der Waals surface area contributed by atoms with E-state index in [1.807, 2.05) is 19.9 Å². The molecule has 0 bridgehead atoms. The predicted octanol–water partition coefficient (Wildman–Crippen LogP) is 1.29. The van der Waals surface area contributed by atoms with Gasteiger partial charge in [0.2, 0.25) is 5.95 Å². The van der Waals surface area contributed by atoms with E-state index in [1.54, 1.807) is 0 Å². The SMILES string of the molecule is Cc1cc(C)nc(N2CC[N-]CC2)n1.[Ac]. The molecular weight excluding hydrogens is 403 g/mol. The summed E-state index contributed by atoms with van der Waals surface area (Å²) in [4.78, 5) is 11.1. The zero-order valence-electron chi connectivity index (χ0n) is 9.27. The van der Waals surface area contributed by atoms with Crippen LogP contribution in [0, 0.1) is 57.9 Å². The first-order chi connectivity index (χ1) is 6.75. The number of anilines is 1. The molecule has 0 atom stereocenters. The van der Waals surface area contributed by atoms with Gasteiger partial charge >= 0.3 is 0 Å². The number of aromatic nitrogens is 2. The molecule has 1 saturated heterocycles. The van der Waals surface area contributed by atoms with Crippen molar-refractivity contribution in [2.75, 3.05) is 31.1 Å². The molecule has 1 aromatic rings. The van der Waals surface area contributed by atoms with Gasteiger partial charge in [-0.3, -0.25) is 0 Å². The standard InChI is InChI=1S/C10H15N4.Ac/c1-8-7-9(2)13-10(12-8)14-5-3-11-4-6-14;/h7H,3-6H2,1-2H3;/q-1;. The normalized spacial score (nSPS) is 16.0. The molecule has 1 fully saturated rings. The number of rotatable bonds is 1. The van der Waals surface area contributed by atoms with Gasteiger partial charge in [-0.1, -0.05) is 0 Å². The first-order valence-electron chi connectivity index (χ1n) is 4.96. The second-order valence-corrected chi connectivity index (χ2v) is 3.61. The summed E-state index contributed by atoms with van der Waals surface area (Å²) in [5, 5.41) is 4.30. The summed E-state index contributed by atoms with van der Waals surface area (Å²) in [5.74, 6) is 0.859. The van der Waals surface area contributed by atoms with E-state index >= 15 is 0 Å². The van der Waals surface area contributed by atoms with Crippen molar-refractivity contribution < 1.29 is 44.1 Å². The van der Waals surface area contributed by atoms with Gasteiger partial charge in [-0.2, -0.15) is 0 Å². The third-order valence-electron chi connectivity index (χ3n) is 2.31. The van der Waals surface area contributed by atoms with Gasteiger partial charge in [0.1, 0.15) is 0 Å². The Hall–Kier alpha value is 0.282. The van der Waals surface area contributed by atoms with Crippen LogP contribution in [0.5, 0.6) is 0 Å². The molecule has 1 aromatic heterocycles. The zero-order valence-corrected chi connectivity index (χ0v) is 14.0. The summed E-state index contributed by atoms with van der Waals surface area (Å²) in [6.07, 6.45) is 0. The molecule has 0 N–H and O–H groups in total. The maximum atomic E-state index is 4.43. The van der Waals surface area contributed by atoms with Crippen molar-refractivity contribution in [2.24, 2.45) is 0 Å². The van der Waals surface area contributed by atoms with Gasteiger partial charge in [0.05, 0.1) is 0 Å². The van der Waals surface area contributed by atoms with E-state index in [9.17, 15) is 0 Å². The molecule has 15 heavy (non-hydrogen) atoms. The molecule has 2 heterocycles. The van der Waals surface area contributed by atoms with Gasteiger partial charge in [-0.15, -0.1) is 13.1 Å². The van der Waals surface area contributed by atoms with Crippen molar-refractivity contribution in [3.8, 4) is 0 Å². The summed E-state index contributed by atoms with van der Waals surface area (Å²) in [5.41, 5.74) is 2.07. The van der Waals surface area contributed by atoms with E-state index in [4.69, 9.17) is 0 Å². The molecule has 1 aliphatic rings. The van der Waals surface area contributed by atoms with Gasteiger partial charge in [-0.25, -0.2) is 9.97 Å². The first-order valence-corrected chi connectivity index (χ1v) is 4.96. The maximum absolute atomic E-state index is 4.43. The minimum absolute atomic E-state index is 0. The van der Waals surface area contributed by atoms with Crippen molar-refractivity contribution in [3.63, 3.8) is 0 Å². The van der Waals surface area contributed by atoms with Gasteiger partial charge in [0, 0.05) is 68.5 Å². The van der Waals surface area contributed by atoms with Crippen LogP contribution in [-0.4, -0.2) is 36.1 Å². The van der Waals surface area contributed by atoms with Gasteiger partial charge in [-0.05, 0) is 19.9 Å². The molecule has 1 aliphatic heterocycles. The van der Waals surface area contributed by atoms with Crippen molar-refractivity contribution in [1.29, 1.82) is 0 Å². The van der Waals surface area contributed by atoms with Crippen LogP contribution in [0.3, 0.4) is 0 Å². The number of hydrogen-bond donors (Lipinski definition) is 0. The molecule has 79 valence electrons. The number of aryl methyl sites for hydroxylation is 2. The van der Waals surface area contributed by atoms with E-state index in [2.05, 4.69) is 20.2 Å². The molecule has 0 aromatic carbocycles. The molecule has 0 amide bonds. The molecular formula is C10H15AcN4-. The number of piperazine rings is 1. The van der Waals surface area contributed by atoms with Crippen LogP contribution < -0.4 is 4.90 Å². The third kappa shape index (κ3) is 3.65. The minimum Gasteiger partial charge on any atom is -0.659 e. The smallest absolute Gasteiger partial charge is 0.225 e. The van der Waals surface area contributed by atoms with Crippen molar-refractivity contribution in [2.45, 2.75) is 13.8 Å². The topological polar surface area (TPSA) is 43.1 Å². The average Bonchev–Trinajstić information content (AvgIpc) is 2.18. The predicted molar refractivity (Wildman–Crippen MR) is 56.8 cm³/mol. The fraction of sp³-hybridized carbons (Fsp3) is 0.600. The average molecular weight is 418 g/mol. The molecule has 2 rings (SSSR count). The Kier molecular flexibility index (Phi) is 5.45. The van der Waals surface area contributed by atoms with Crippen LogP contribution in [0.2, 0.25) is 0 Å². The van der Waals surface area contributed by atoms with E-state index in [1.165, 1.54) is 0 Å². The fourth-order valence-electron chi connectivity index (χ4n) is 1.66. The molecule has 0 spiro atoms. The van der Waals surface area contributed by atoms with E-state index < -0.39 is 0 Å². The maximum Gasteiger partial charge on any atom is 0.225 e. The minimum atomic E-state index is 0. The second-order valence-electron chi connectivity index (χ2n) is 3.61. The molecule has 5 heteroatoms. The van der Waals surface area contributed by atoms with Gasteiger partial charge in [0.25, 0.3) is 0 Å². The van der Waals surface area contributed by atoms with Crippen LogP contribution in [0.15, 0.2) is 6.07 Å². The summed E-state index contributed by atoms with van der Waals surface area (Å²) < 4.78 is 0. The Morgan fingerprint density at radius 1 is 1.13 bits per heavy atom. The zero-order chi connectivity index (χ0) is 9.97. The Bertz CT molecular complexity index is 303. The van der Waals surface area contributed by atoms with Crippen molar-refractivity contribution >= 4 is 5.95 Å². The monoisotopic (exact) mass is 418 g/mol. The molecule has 0 aliphatic carbocycles. The number of hydrogen-bond acceptors (Lipinski definition) is 3. The Balaban J connectivity index is 0.00000112. The molecule has 4 nitrogen and oxygen atoms in total. The van der Waals surface area contributed by atoms with Crippen molar-refractivity contribution in [1.82, 2.24) is 9.97 Å². The molecule has 0 saturated carbocycles. The van der Waals surface area contributed by atoms with E-state index in [0.717, 1.165) is 43.5 Å². The van der Waals surface area contributed by atoms with Crippen LogP contribution in [0.1, 0.15) is 11.4 Å². The van der Waals surface area contributed by atoms with Gasteiger partial charge in [0.15, 0.2) is 0 Å². The van der Waals surface area contributed by atoms with E-state index in [-0.39, 0.29) is 44.1 Å². The number of nitrogens with zero attached hydrogens (tertiary/aromatic N) is 4. The van der Waals surface area contributed by atoms with Crippen LogP contribution in [-0.2, 0) is 0 Å². The summed E-state index contributed by atoms with van der Waals surface area (Å²) in [7, 11) is 0. The Morgan fingerprint density at radius 2 is 1.67 bits per heavy atom. The van der Waals surface area contributed by atoms with Crippen LogP contribution in [0.25, 0.3) is 5.32 Å². The van der Waals surface area contributed by atoms with Crippen LogP contribution in [0.4, 0.5) is 5.95 Å². The largest absolute Gasteiger partial charge is 0.659 e. The van der Waals surface area contributed by atoms with Gasteiger partial charge < -0.3 is 10.2 Å². The molecule has 1 radical (unpaired) electrons. The quantitative estimate of drug-likeness (QED) is 0.691. The van der Waals surface area contributed by atoms with Crippen LogP contribution >= 0.6 is 0 Å². The van der Waals surface area contributed by atoms with E-state index in [0.29, 0.717) is 0 Å². The Labute approximate surface area is 126 Å². The summed E-state index contributed by atoms with van der Waals surface area (Å²) in [6.45, 7) is 7.71. The Morgan fingerprint density at radius 3 is 2.20 bits per heavy atom. The summed E-state index contributed by atoms with van der Waals surface area (Å²) >= 11 is 0. The fourth-order valence-corrected chi connectivity index (χ4v) is 1.66. The summed E-state index contributed by atoms with van der Waals surface area (Å²) in [6, 6.07) is 2.00. The second kappa shape index (κ2) is 6.12. The first kappa shape index (κ1) is 13.3. The van der Waals surface area contributed by atoms with Crippen molar-refractivity contribution in [3.05, 3.63) is 22.8 Å². The molecule has 0 unspecified atom stereocenters. The third-order valence-corrected chi connectivity index (χ3v) is 2.31.